The Kier molecular flexibility index (Phi) is 5.56. The first-order valence-electron chi connectivity index (χ1n) is 7.01. The van der Waals surface area contributed by atoms with E-state index < -0.39 is 0 Å². The van der Waals surface area contributed by atoms with E-state index in [2.05, 4.69) is 15.9 Å². The zero-order valence-corrected chi connectivity index (χ0v) is 16.3. The lowest BCUT2D eigenvalue weighted by Crippen LogP contribution is -2.27. The van der Waals surface area contributed by atoms with Gasteiger partial charge in [-0.15, -0.1) is 0 Å². The minimum atomic E-state index is -0.138. The number of hydrogen-bond donors (Lipinski definition) is 0. The van der Waals surface area contributed by atoms with Crippen LogP contribution in [0.4, 0.5) is 5.69 Å². The Balaban J connectivity index is 1.82. The second-order valence-electron chi connectivity index (χ2n) is 4.91. The molecule has 1 aliphatic rings. The van der Waals surface area contributed by atoms with Crippen LogP contribution < -0.4 is 4.90 Å². The summed E-state index contributed by atoms with van der Waals surface area (Å²) in [5.74, 6) is -0.138. The second kappa shape index (κ2) is 7.66. The number of thiocarbonyl (C=S) groups is 1. The van der Waals surface area contributed by atoms with Crippen LogP contribution in [0.5, 0.6) is 0 Å². The smallest absolute Gasteiger partial charge is 0.268 e. The monoisotopic (exact) mass is 435 g/mol. The van der Waals surface area contributed by atoms with Crippen molar-refractivity contribution in [1.29, 1.82) is 0 Å². The van der Waals surface area contributed by atoms with E-state index >= 15 is 0 Å². The first-order valence-corrected chi connectivity index (χ1v) is 9.40. The van der Waals surface area contributed by atoms with Crippen LogP contribution >= 0.6 is 51.5 Å². The Hall–Kier alpha value is -1.40. The molecule has 2 nitrogen and oxygen atoms in total. The lowest BCUT2D eigenvalue weighted by Gasteiger charge is -2.15. The van der Waals surface area contributed by atoms with Crippen molar-refractivity contribution in [3.8, 4) is 0 Å². The fourth-order valence-corrected chi connectivity index (χ4v) is 3.81. The number of rotatable bonds is 3. The van der Waals surface area contributed by atoms with E-state index in [-0.39, 0.29) is 5.91 Å². The molecule has 120 valence electrons. The van der Waals surface area contributed by atoms with Gasteiger partial charge in [0, 0.05) is 4.47 Å². The largest absolute Gasteiger partial charge is 0.270 e. The fraction of sp³-hybridized carbons (Fsp3) is 0. The highest BCUT2D eigenvalue weighted by molar-refractivity contribution is 9.10. The van der Waals surface area contributed by atoms with Gasteiger partial charge in [-0.05, 0) is 45.8 Å². The number of amides is 1. The lowest BCUT2D eigenvalue weighted by atomic mass is 10.2. The van der Waals surface area contributed by atoms with Crippen molar-refractivity contribution in [3.63, 3.8) is 0 Å². The van der Waals surface area contributed by atoms with Gasteiger partial charge in [-0.2, -0.15) is 0 Å². The molecule has 0 saturated carbocycles. The van der Waals surface area contributed by atoms with Crippen LogP contribution in [0.1, 0.15) is 5.56 Å². The van der Waals surface area contributed by atoms with Crippen LogP contribution in [-0.4, -0.2) is 10.2 Å². The van der Waals surface area contributed by atoms with Gasteiger partial charge in [0.05, 0.1) is 15.6 Å². The molecule has 0 bridgehead atoms. The molecular weight excluding hydrogens is 426 g/mol. The molecule has 0 radical (unpaired) electrons. The van der Waals surface area contributed by atoms with Crippen molar-refractivity contribution in [3.05, 3.63) is 80.6 Å². The Morgan fingerprint density at radius 2 is 1.92 bits per heavy atom. The lowest BCUT2D eigenvalue weighted by molar-refractivity contribution is -0.113. The third kappa shape index (κ3) is 3.81. The highest BCUT2D eigenvalue weighted by Crippen LogP contribution is 2.37. The third-order valence-corrected chi connectivity index (χ3v) is 5.84. The van der Waals surface area contributed by atoms with Gasteiger partial charge in [-0.3, -0.25) is 9.69 Å². The van der Waals surface area contributed by atoms with Crippen LogP contribution in [-0.2, 0) is 4.79 Å². The Bertz CT molecular complexity index is 865. The quantitative estimate of drug-likeness (QED) is 0.430. The summed E-state index contributed by atoms with van der Waals surface area (Å²) >= 11 is 16.1. The van der Waals surface area contributed by atoms with E-state index in [0.29, 0.717) is 19.9 Å². The van der Waals surface area contributed by atoms with Crippen LogP contribution in [0.3, 0.4) is 0 Å². The fourth-order valence-electron chi connectivity index (χ4n) is 2.14. The number of carbonyl (C=O) groups is 1. The summed E-state index contributed by atoms with van der Waals surface area (Å²) < 4.78 is 1.28. The number of benzene rings is 2. The molecule has 1 aliphatic heterocycles. The predicted octanol–water partition coefficient (Wildman–Crippen LogP) is 6.06. The van der Waals surface area contributed by atoms with E-state index in [9.17, 15) is 4.79 Å². The maximum absolute atomic E-state index is 12.6. The molecule has 24 heavy (non-hydrogen) atoms. The van der Waals surface area contributed by atoms with E-state index in [1.165, 1.54) is 16.7 Å². The third-order valence-electron chi connectivity index (χ3n) is 3.29. The SMILES string of the molecule is O=C1/C(=C/C=C\c2ccccc2)SC(=S)N1c1ccc(Br)c(Cl)c1. The molecule has 0 spiro atoms. The van der Waals surface area contributed by atoms with Crippen molar-refractivity contribution >= 4 is 73.5 Å². The first-order chi connectivity index (χ1) is 11.6. The van der Waals surface area contributed by atoms with Crippen molar-refractivity contribution in [2.24, 2.45) is 0 Å². The van der Waals surface area contributed by atoms with Crippen LogP contribution in [0.25, 0.3) is 6.08 Å². The topological polar surface area (TPSA) is 20.3 Å². The van der Waals surface area contributed by atoms with Crippen molar-refractivity contribution in [1.82, 2.24) is 0 Å². The molecule has 6 heteroatoms. The molecule has 0 N–H and O–H groups in total. The summed E-state index contributed by atoms with van der Waals surface area (Å²) in [6.45, 7) is 0. The normalized spacial score (nSPS) is 16.6. The number of hydrogen-bond acceptors (Lipinski definition) is 3. The van der Waals surface area contributed by atoms with E-state index in [1.807, 2.05) is 48.6 Å². The highest BCUT2D eigenvalue weighted by atomic mass is 79.9. The molecule has 3 rings (SSSR count). The van der Waals surface area contributed by atoms with Gasteiger partial charge in [0.25, 0.3) is 5.91 Å². The summed E-state index contributed by atoms with van der Waals surface area (Å²) in [5.41, 5.74) is 1.74. The molecular formula is C18H11BrClNOS2. The van der Waals surface area contributed by atoms with E-state index in [4.69, 9.17) is 23.8 Å². The minimum absolute atomic E-state index is 0.138. The van der Waals surface area contributed by atoms with Gasteiger partial charge in [-0.25, -0.2) is 0 Å². The molecule has 1 heterocycles. The molecule has 0 atom stereocenters. The van der Waals surface area contributed by atoms with Gasteiger partial charge in [0.2, 0.25) is 0 Å². The van der Waals surface area contributed by atoms with E-state index in [1.54, 1.807) is 18.2 Å². The molecule has 2 aromatic rings. The molecule has 1 fully saturated rings. The van der Waals surface area contributed by atoms with E-state index in [0.717, 1.165) is 10.0 Å². The molecule has 2 aromatic carbocycles. The van der Waals surface area contributed by atoms with Gasteiger partial charge >= 0.3 is 0 Å². The number of anilines is 1. The summed E-state index contributed by atoms with van der Waals surface area (Å²) in [7, 11) is 0. The number of nitrogens with zero attached hydrogens (tertiary/aromatic N) is 1. The summed E-state index contributed by atoms with van der Waals surface area (Å²) in [5, 5.41) is 0.537. The summed E-state index contributed by atoms with van der Waals surface area (Å²) in [4.78, 5) is 14.7. The van der Waals surface area contributed by atoms with Crippen LogP contribution in [0, 0.1) is 0 Å². The van der Waals surface area contributed by atoms with Crippen molar-refractivity contribution < 1.29 is 4.79 Å². The average Bonchev–Trinajstić information content (AvgIpc) is 2.85. The van der Waals surface area contributed by atoms with Gasteiger partial charge in [-0.1, -0.05) is 78.1 Å². The standard InChI is InChI=1S/C18H11BrClNOS2/c19-14-10-9-13(11-15(14)20)21-17(22)16(24-18(21)23)8-4-7-12-5-2-1-3-6-12/h1-11H/b7-4-,16-8-. The van der Waals surface area contributed by atoms with Crippen molar-refractivity contribution in [2.45, 2.75) is 0 Å². The number of carbonyl (C=O) groups excluding carboxylic acids is 1. The molecule has 1 amide bonds. The summed E-state index contributed by atoms with van der Waals surface area (Å²) in [6.07, 6.45) is 5.59. The number of halogens is 2. The molecule has 0 unspecified atom stereocenters. The first kappa shape index (κ1) is 17.4. The average molecular weight is 437 g/mol. The van der Waals surface area contributed by atoms with Gasteiger partial charge < -0.3 is 0 Å². The molecule has 0 aromatic heterocycles. The zero-order chi connectivity index (χ0) is 17.1. The molecule has 0 aliphatic carbocycles. The Labute approximate surface area is 163 Å². The highest BCUT2D eigenvalue weighted by Gasteiger charge is 2.33. The second-order valence-corrected chi connectivity index (χ2v) is 7.84. The molecule has 1 saturated heterocycles. The Morgan fingerprint density at radius 1 is 1.17 bits per heavy atom. The van der Waals surface area contributed by atoms with Crippen molar-refractivity contribution in [2.75, 3.05) is 4.90 Å². The minimum Gasteiger partial charge on any atom is -0.268 e. The van der Waals surface area contributed by atoms with Crippen LogP contribution in [0.15, 0.2) is 70.1 Å². The van der Waals surface area contributed by atoms with Crippen LogP contribution in [0.2, 0.25) is 5.02 Å². The zero-order valence-electron chi connectivity index (χ0n) is 12.3. The Morgan fingerprint density at radius 3 is 2.62 bits per heavy atom. The number of thioether (sulfide) groups is 1. The maximum Gasteiger partial charge on any atom is 0.270 e. The predicted molar refractivity (Wildman–Crippen MR) is 110 cm³/mol. The van der Waals surface area contributed by atoms with Gasteiger partial charge in [0.15, 0.2) is 4.32 Å². The summed E-state index contributed by atoms with van der Waals surface area (Å²) in [6, 6.07) is 15.2. The maximum atomic E-state index is 12.6. The van der Waals surface area contributed by atoms with Gasteiger partial charge in [0.1, 0.15) is 0 Å². The number of allylic oxidation sites excluding steroid dienone is 2.